The largest absolute Gasteiger partial charge is 0.492 e. The lowest BCUT2D eigenvalue weighted by Crippen LogP contribution is -2.43. The highest BCUT2D eigenvalue weighted by Gasteiger charge is 2.17. The molecule has 1 aliphatic heterocycles. The number of aromatic nitrogens is 3. The number of rotatable bonds is 8. The minimum atomic E-state index is 0. The Bertz CT molecular complexity index is 843. The van der Waals surface area contributed by atoms with Crippen LogP contribution in [0.5, 0.6) is 5.75 Å². The van der Waals surface area contributed by atoms with Crippen molar-refractivity contribution in [1.29, 1.82) is 0 Å². The van der Waals surface area contributed by atoms with Crippen LogP contribution in [-0.2, 0) is 18.3 Å². The van der Waals surface area contributed by atoms with E-state index in [4.69, 9.17) is 14.5 Å². The van der Waals surface area contributed by atoms with Gasteiger partial charge in [0.1, 0.15) is 24.7 Å². The number of ether oxygens (including phenoxy) is 2. The SMILES string of the molecule is Cc1cc(C)cc(OCCN(C)C(=NCc2nnc(C)n2C)NCC2CCCO2)c1.I. The number of aryl methyl sites for hydroxylation is 3. The smallest absolute Gasteiger partial charge is 0.194 e. The van der Waals surface area contributed by atoms with Gasteiger partial charge in [-0.05, 0) is 56.9 Å². The molecule has 0 bridgehead atoms. The van der Waals surface area contributed by atoms with E-state index in [1.165, 1.54) is 11.1 Å². The number of likely N-dealkylation sites (N-methyl/N-ethyl adjacent to an activating group) is 1. The molecular formula is C22H35IN6O2. The average molecular weight is 542 g/mol. The van der Waals surface area contributed by atoms with E-state index in [2.05, 4.69) is 52.5 Å². The van der Waals surface area contributed by atoms with Gasteiger partial charge >= 0.3 is 0 Å². The summed E-state index contributed by atoms with van der Waals surface area (Å²) < 4.78 is 13.7. The Labute approximate surface area is 202 Å². The average Bonchev–Trinajstić information content (AvgIpc) is 3.32. The zero-order valence-electron chi connectivity index (χ0n) is 19.2. The molecule has 31 heavy (non-hydrogen) atoms. The molecule has 0 aliphatic carbocycles. The predicted octanol–water partition coefficient (Wildman–Crippen LogP) is 2.99. The van der Waals surface area contributed by atoms with Crippen LogP contribution < -0.4 is 10.1 Å². The van der Waals surface area contributed by atoms with Crippen LogP contribution >= 0.6 is 24.0 Å². The topological polar surface area (TPSA) is 76.8 Å². The molecule has 172 valence electrons. The van der Waals surface area contributed by atoms with Crippen LogP contribution in [0.25, 0.3) is 0 Å². The van der Waals surface area contributed by atoms with Crippen LogP contribution in [0.2, 0.25) is 0 Å². The van der Waals surface area contributed by atoms with Crippen molar-refractivity contribution < 1.29 is 9.47 Å². The molecule has 9 heteroatoms. The number of halogens is 1. The maximum Gasteiger partial charge on any atom is 0.194 e. The van der Waals surface area contributed by atoms with Gasteiger partial charge in [0.2, 0.25) is 0 Å². The number of aliphatic imine (C=N–C) groups is 1. The van der Waals surface area contributed by atoms with Crippen LogP contribution in [0.3, 0.4) is 0 Å². The highest BCUT2D eigenvalue weighted by atomic mass is 127. The van der Waals surface area contributed by atoms with Gasteiger partial charge in [-0.1, -0.05) is 6.07 Å². The molecule has 1 aliphatic rings. The quantitative estimate of drug-likeness (QED) is 0.314. The van der Waals surface area contributed by atoms with Crippen LogP contribution in [-0.4, -0.2) is 65.1 Å². The molecule has 2 heterocycles. The van der Waals surface area contributed by atoms with Crippen LogP contribution in [0, 0.1) is 20.8 Å². The highest BCUT2D eigenvalue weighted by Crippen LogP contribution is 2.16. The summed E-state index contributed by atoms with van der Waals surface area (Å²) in [5.74, 6) is 3.43. The molecule has 1 N–H and O–H groups in total. The van der Waals surface area contributed by atoms with E-state index in [-0.39, 0.29) is 30.1 Å². The Morgan fingerprint density at radius 1 is 1.26 bits per heavy atom. The summed E-state index contributed by atoms with van der Waals surface area (Å²) in [7, 11) is 3.98. The Balaban J connectivity index is 0.00000341. The molecular weight excluding hydrogens is 507 g/mol. The van der Waals surface area contributed by atoms with Crippen molar-refractivity contribution in [3.8, 4) is 5.75 Å². The van der Waals surface area contributed by atoms with Crippen molar-refractivity contribution in [3.05, 3.63) is 41.0 Å². The molecule has 3 rings (SSSR count). The second-order valence-electron chi connectivity index (χ2n) is 7.97. The van der Waals surface area contributed by atoms with Gasteiger partial charge in [0.25, 0.3) is 0 Å². The van der Waals surface area contributed by atoms with E-state index >= 15 is 0 Å². The van der Waals surface area contributed by atoms with Gasteiger partial charge in [-0.15, -0.1) is 34.2 Å². The van der Waals surface area contributed by atoms with Gasteiger partial charge in [-0.2, -0.15) is 0 Å². The Hall–Kier alpha value is -1.88. The summed E-state index contributed by atoms with van der Waals surface area (Å²) in [4.78, 5) is 6.86. The van der Waals surface area contributed by atoms with E-state index in [1.807, 2.05) is 25.6 Å². The van der Waals surface area contributed by atoms with E-state index in [1.54, 1.807) is 0 Å². The molecule has 1 atom stereocenters. The van der Waals surface area contributed by atoms with Gasteiger partial charge in [0, 0.05) is 27.2 Å². The summed E-state index contributed by atoms with van der Waals surface area (Å²) in [5, 5.41) is 11.8. The van der Waals surface area contributed by atoms with Crippen molar-refractivity contribution in [1.82, 2.24) is 25.0 Å². The predicted molar refractivity (Wildman–Crippen MR) is 133 cm³/mol. The molecule has 8 nitrogen and oxygen atoms in total. The molecule has 1 unspecified atom stereocenters. The monoisotopic (exact) mass is 542 g/mol. The first kappa shape index (κ1) is 25.4. The third-order valence-corrected chi connectivity index (χ3v) is 5.32. The van der Waals surface area contributed by atoms with Crippen molar-refractivity contribution in [3.63, 3.8) is 0 Å². The van der Waals surface area contributed by atoms with Gasteiger partial charge in [0.05, 0.1) is 12.6 Å². The maximum atomic E-state index is 5.98. The molecule has 1 aromatic heterocycles. The van der Waals surface area contributed by atoms with Gasteiger partial charge < -0.3 is 24.3 Å². The fourth-order valence-electron chi connectivity index (χ4n) is 3.48. The third kappa shape index (κ3) is 7.64. The first-order valence-corrected chi connectivity index (χ1v) is 10.6. The summed E-state index contributed by atoms with van der Waals surface area (Å²) in [5.41, 5.74) is 2.41. The standard InChI is InChI=1S/C22H34N6O2.HI/c1-16-11-17(2)13-20(12-16)30-10-8-27(4)22(23-14-19-7-6-9-29-19)24-15-21-26-25-18(3)28(21)5;/h11-13,19H,6-10,14-15H2,1-5H3,(H,23,24);1H. The maximum absolute atomic E-state index is 5.98. The van der Waals surface area contributed by atoms with Crippen molar-refractivity contribution >= 4 is 29.9 Å². The van der Waals surface area contributed by atoms with Gasteiger partial charge in [-0.3, -0.25) is 0 Å². The number of hydrogen-bond donors (Lipinski definition) is 1. The first-order valence-electron chi connectivity index (χ1n) is 10.6. The van der Waals surface area contributed by atoms with Crippen LogP contribution in [0.15, 0.2) is 23.2 Å². The summed E-state index contributed by atoms with van der Waals surface area (Å²) in [6.45, 7) is 9.45. The summed E-state index contributed by atoms with van der Waals surface area (Å²) in [6, 6.07) is 6.27. The molecule has 1 saturated heterocycles. The molecule has 1 fully saturated rings. The van der Waals surface area contributed by atoms with Crippen molar-refractivity contribution in [2.75, 3.05) is 33.4 Å². The second kappa shape index (κ2) is 12.2. The van der Waals surface area contributed by atoms with Crippen LogP contribution in [0.1, 0.15) is 35.6 Å². The Morgan fingerprint density at radius 2 is 2.00 bits per heavy atom. The summed E-state index contributed by atoms with van der Waals surface area (Å²) in [6.07, 6.45) is 2.45. The zero-order chi connectivity index (χ0) is 21.5. The lowest BCUT2D eigenvalue weighted by atomic mass is 10.1. The fourth-order valence-corrected chi connectivity index (χ4v) is 3.48. The highest BCUT2D eigenvalue weighted by molar-refractivity contribution is 14.0. The number of benzene rings is 1. The third-order valence-electron chi connectivity index (χ3n) is 5.32. The molecule has 0 spiro atoms. The number of guanidine groups is 1. The van der Waals surface area contributed by atoms with E-state index in [0.29, 0.717) is 19.7 Å². The van der Waals surface area contributed by atoms with Gasteiger partial charge in [0.15, 0.2) is 11.8 Å². The second-order valence-corrected chi connectivity index (χ2v) is 7.97. The van der Waals surface area contributed by atoms with Crippen molar-refractivity contribution in [2.45, 2.75) is 46.3 Å². The lowest BCUT2D eigenvalue weighted by molar-refractivity contribution is 0.113. The number of nitrogens with zero attached hydrogens (tertiary/aromatic N) is 5. The lowest BCUT2D eigenvalue weighted by Gasteiger charge is -2.24. The molecule has 0 radical (unpaired) electrons. The van der Waals surface area contributed by atoms with Crippen molar-refractivity contribution in [2.24, 2.45) is 12.0 Å². The van der Waals surface area contributed by atoms with E-state index in [0.717, 1.165) is 49.4 Å². The Morgan fingerprint density at radius 3 is 2.61 bits per heavy atom. The minimum Gasteiger partial charge on any atom is -0.492 e. The molecule has 1 aromatic carbocycles. The molecule has 0 saturated carbocycles. The zero-order valence-corrected chi connectivity index (χ0v) is 21.6. The van der Waals surface area contributed by atoms with E-state index in [9.17, 15) is 0 Å². The van der Waals surface area contributed by atoms with Gasteiger partial charge in [-0.25, -0.2) is 4.99 Å². The van der Waals surface area contributed by atoms with Crippen LogP contribution in [0.4, 0.5) is 0 Å². The molecule has 2 aromatic rings. The number of hydrogen-bond acceptors (Lipinski definition) is 5. The fraction of sp³-hybridized carbons (Fsp3) is 0.591. The minimum absolute atomic E-state index is 0. The normalized spacial score (nSPS) is 16.2. The first-order chi connectivity index (χ1) is 14.4. The molecule has 0 amide bonds. The van der Waals surface area contributed by atoms with E-state index < -0.39 is 0 Å². The number of nitrogens with one attached hydrogen (secondary N) is 1. The summed E-state index contributed by atoms with van der Waals surface area (Å²) >= 11 is 0. The Kier molecular flexibility index (Phi) is 10.0.